The van der Waals surface area contributed by atoms with E-state index in [0.29, 0.717) is 37.6 Å². The van der Waals surface area contributed by atoms with Crippen LogP contribution >= 0.6 is 0 Å². The standard InChI is InChI=1S/C17H17N5O4/c23-17(14-3-1-2-6-18-14)20-19-12-13-4-5-15(16(11-13)22(24)25)21-7-9-26-10-8-21/h1-6,11-12H,7-10H2,(H,20,23)/b19-12-. The van der Waals surface area contributed by atoms with Crippen LogP contribution in [0.15, 0.2) is 47.7 Å². The zero-order valence-corrected chi connectivity index (χ0v) is 13.9. The van der Waals surface area contributed by atoms with Crippen LogP contribution in [-0.4, -0.2) is 48.3 Å². The van der Waals surface area contributed by atoms with E-state index in [2.05, 4.69) is 15.5 Å². The quantitative estimate of drug-likeness (QED) is 0.495. The van der Waals surface area contributed by atoms with Crippen molar-refractivity contribution in [3.63, 3.8) is 0 Å². The highest BCUT2D eigenvalue weighted by atomic mass is 16.6. The molecule has 0 bridgehead atoms. The van der Waals surface area contributed by atoms with Crippen molar-refractivity contribution >= 4 is 23.5 Å². The number of nitrogens with one attached hydrogen (secondary N) is 1. The van der Waals surface area contributed by atoms with Gasteiger partial charge in [-0.1, -0.05) is 12.1 Å². The Morgan fingerprint density at radius 2 is 2.12 bits per heavy atom. The summed E-state index contributed by atoms with van der Waals surface area (Å²) in [6.45, 7) is 2.29. The third-order valence-electron chi connectivity index (χ3n) is 3.83. The average molecular weight is 355 g/mol. The number of ether oxygens (including phenoxy) is 1. The lowest BCUT2D eigenvalue weighted by Gasteiger charge is -2.28. The lowest BCUT2D eigenvalue weighted by molar-refractivity contribution is -0.384. The molecule has 0 atom stereocenters. The number of anilines is 1. The molecule has 3 rings (SSSR count). The lowest BCUT2D eigenvalue weighted by atomic mass is 10.1. The molecule has 1 fully saturated rings. The normalized spacial score (nSPS) is 14.4. The van der Waals surface area contributed by atoms with Gasteiger partial charge in [0.05, 0.1) is 24.4 Å². The van der Waals surface area contributed by atoms with Gasteiger partial charge in [-0.2, -0.15) is 5.10 Å². The van der Waals surface area contributed by atoms with Gasteiger partial charge in [0.15, 0.2) is 0 Å². The number of rotatable bonds is 5. The molecule has 1 aliphatic heterocycles. The maximum Gasteiger partial charge on any atom is 0.293 e. The maximum atomic E-state index is 11.9. The topological polar surface area (TPSA) is 110 Å². The van der Waals surface area contributed by atoms with Gasteiger partial charge in [-0.05, 0) is 18.2 Å². The summed E-state index contributed by atoms with van der Waals surface area (Å²) in [5, 5.41) is 15.2. The van der Waals surface area contributed by atoms with Crippen LogP contribution in [0.25, 0.3) is 0 Å². The number of carbonyl (C=O) groups is 1. The Morgan fingerprint density at radius 3 is 2.81 bits per heavy atom. The molecule has 0 spiro atoms. The highest BCUT2D eigenvalue weighted by Crippen LogP contribution is 2.29. The number of carbonyl (C=O) groups excluding carboxylic acids is 1. The third-order valence-corrected chi connectivity index (χ3v) is 3.83. The summed E-state index contributed by atoms with van der Waals surface area (Å²) in [5.41, 5.74) is 3.63. The van der Waals surface area contributed by atoms with E-state index in [-0.39, 0.29) is 11.4 Å². The molecule has 0 radical (unpaired) electrons. The number of aromatic nitrogens is 1. The number of amides is 1. The Labute approximate surface area is 149 Å². The van der Waals surface area contributed by atoms with Crippen LogP contribution in [-0.2, 0) is 4.74 Å². The minimum atomic E-state index is -0.457. The van der Waals surface area contributed by atoms with Gasteiger partial charge in [0.1, 0.15) is 11.4 Å². The Hall–Kier alpha value is -3.33. The average Bonchev–Trinajstić information content (AvgIpc) is 2.69. The SMILES string of the molecule is O=C(N/N=C\c1ccc(N2CCOCC2)c([N+](=O)[O-])c1)c1ccccn1. The van der Waals surface area contributed by atoms with Crippen LogP contribution in [0.1, 0.15) is 16.1 Å². The highest BCUT2D eigenvalue weighted by Gasteiger charge is 2.21. The second-order valence-electron chi connectivity index (χ2n) is 5.52. The van der Waals surface area contributed by atoms with Gasteiger partial charge in [-0.25, -0.2) is 5.43 Å². The van der Waals surface area contributed by atoms with E-state index in [1.54, 1.807) is 30.3 Å². The highest BCUT2D eigenvalue weighted by molar-refractivity contribution is 5.93. The van der Waals surface area contributed by atoms with E-state index in [1.807, 2.05) is 4.90 Å². The number of hydrazone groups is 1. The van der Waals surface area contributed by atoms with Crippen LogP contribution in [0.2, 0.25) is 0 Å². The van der Waals surface area contributed by atoms with Gasteiger partial charge in [0.2, 0.25) is 0 Å². The molecular weight excluding hydrogens is 338 g/mol. The van der Waals surface area contributed by atoms with E-state index < -0.39 is 10.8 Å². The minimum absolute atomic E-state index is 0.00750. The van der Waals surface area contributed by atoms with Crippen molar-refractivity contribution in [3.05, 3.63) is 64.0 Å². The Morgan fingerprint density at radius 1 is 1.31 bits per heavy atom. The van der Waals surface area contributed by atoms with Crippen molar-refractivity contribution in [2.24, 2.45) is 5.10 Å². The molecule has 0 unspecified atom stereocenters. The number of hydrogen-bond acceptors (Lipinski definition) is 7. The summed E-state index contributed by atoms with van der Waals surface area (Å²) in [5.74, 6) is -0.457. The zero-order valence-electron chi connectivity index (χ0n) is 13.9. The van der Waals surface area contributed by atoms with Crippen LogP contribution in [0.5, 0.6) is 0 Å². The fraction of sp³-hybridized carbons (Fsp3) is 0.235. The van der Waals surface area contributed by atoms with Gasteiger partial charge in [0, 0.05) is 30.9 Å². The molecule has 2 aromatic rings. The molecule has 9 heteroatoms. The predicted molar refractivity (Wildman–Crippen MR) is 95.4 cm³/mol. The maximum absolute atomic E-state index is 11.9. The summed E-state index contributed by atoms with van der Waals surface area (Å²) in [6, 6.07) is 9.79. The number of hydrogen-bond donors (Lipinski definition) is 1. The molecule has 1 saturated heterocycles. The Bertz CT molecular complexity index is 819. The number of nitro groups is 1. The fourth-order valence-corrected chi connectivity index (χ4v) is 2.56. The van der Waals surface area contributed by atoms with E-state index in [9.17, 15) is 14.9 Å². The number of benzene rings is 1. The van der Waals surface area contributed by atoms with Crippen LogP contribution in [0, 0.1) is 10.1 Å². The minimum Gasteiger partial charge on any atom is -0.378 e. The fourth-order valence-electron chi connectivity index (χ4n) is 2.56. The molecule has 1 amide bonds. The summed E-state index contributed by atoms with van der Waals surface area (Å²) in [6.07, 6.45) is 2.86. The first-order valence-corrected chi connectivity index (χ1v) is 8.01. The van der Waals surface area contributed by atoms with Crippen molar-refractivity contribution in [1.29, 1.82) is 0 Å². The van der Waals surface area contributed by atoms with Crippen LogP contribution < -0.4 is 10.3 Å². The first-order valence-electron chi connectivity index (χ1n) is 8.01. The first-order chi connectivity index (χ1) is 12.6. The summed E-state index contributed by atoms with van der Waals surface area (Å²) in [4.78, 5) is 28.7. The summed E-state index contributed by atoms with van der Waals surface area (Å²) >= 11 is 0. The Balaban J connectivity index is 1.73. The molecule has 1 N–H and O–H groups in total. The monoisotopic (exact) mass is 355 g/mol. The van der Waals surface area contributed by atoms with Gasteiger partial charge < -0.3 is 9.64 Å². The lowest BCUT2D eigenvalue weighted by Crippen LogP contribution is -2.36. The third kappa shape index (κ3) is 4.19. The summed E-state index contributed by atoms with van der Waals surface area (Å²) < 4.78 is 5.28. The molecule has 9 nitrogen and oxygen atoms in total. The number of pyridine rings is 1. The molecule has 134 valence electrons. The molecule has 1 aromatic carbocycles. The van der Waals surface area contributed by atoms with Gasteiger partial charge >= 0.3 is 0 Å². The largest absolute Gasteiger partial charge is 0.378 e. The van der Waals surface area contributed by atoms with E-state index in [1.165, 1.54) is 18.5 Å². The van der Waals surface area contributed by atoms with E-state index in [0.717, 1.165) is 0 Å². The van der Waals surface area contributed by atoms with Crippen molar-refractivity contribution in [2.75, 3.05) is 31.2 Å². The first kappa shape index (κ1) is 17.5. The predicted octanol–water partition coefficient (Wildman–Crippen LogP) is 1.59. The van der Waals surface area contributed by atoms with Crippen molar-refractivity contribution in [3.8, 4) is 0 Å². The van der Waals surface area contributed by atoms with Crippen molar-refractivity contribution in [2.45, 2.75) is 0 Å². The van der Waals surface area contributed by atoms with Crippen LogP contribution in [0.4, 0.5) is 11.4 Å². The van der Waals surface area contributed by atoms with Gasteiger partial charge in [0.25, 0.3) is 11.6 Å². The zero-order chi connectivity index (χ0) is 18.4. The van der Waals surface area contributed by atoms with Crippen molar-refractivity contribution < 1.29 is 14.5 Å². The molecule has 1 aromatic heterocycles. The van der Waals surface area contributed by atoms with Gasteiger partial charge in [-0.15, -0.1) is 0 Å². The number of nitro benzene ring substituents is 1. The molecule has 1 aliphatic rings. The summed E-state index contributed by atoms with van der Waals surface area (Å²) in [7, 11) is 0. The molecular formula is C17H17N5O4. The van der Waals surface area contributed by atoms with E-state index >= 15 is 0 Å². The second kappa shape index (κ2) is 8.17. The number of morpholine rings is 1. The number of nitrogens with zero attached hydrogens (tertiary/aromatic N) is 4. The van der Waals surface area contributed by atoms with Crippen molar-refractivity contribution in [1.82, 2.24) is 10.4 Å². The Kier molecular flexibility index (Phi) is 5.49. The molecule has 2 heterocycles. The molecule has 26 heavy (non-hydrogen) atoms. The molecule has 0 aliphatic carbocycles. The molecule has 0 saturated carbocycles. The van der Waals surface area contributed by atoms with Crippen LogP contribution in [0.3, 0.4) is 0 Å². The smallest absolute Gasteiger partial charge is 0.293 e. The van der Waals surface area contributed by atoms with Gasteiger partial charge in [-0.3, -0.25) is 19.9 Å². The second-order valence-corrected chi connectivity index (χ2v) is 5.52. The van der Waals surface area contributed by atoms with E-state index in [4.69, 9.17) is 4.74 Å².